The van der Waals surface area contributed by atoms with Gasteiger partial charge in [0, 0.05) is 36.9 Å². The van der Waals surface area contributed by atoms with Crippen LogP contribution in [0.3, 0.4) is 0 Å². The van der Waals surface area contributed by atoms with E-state index in [1.165, 1.54) is 38.9 Å². The SMILES string of the molecule is COc1cc(N2CCNC3(CCCC3)C2)ccc1F. The first-order chi connectivity index (χ1) is 9.22. The van der Waals surface area contributed by atoms with E-state index in [1.54, 1.807) is 0 Å². The van der Waals surface area contributed by atoms with Gasteiger partial charge in [-0.1, -0.05) is 12.8 Å². The molecule has 0 aromatic heterocycles. The molecule has 0 unspecified atom stereocenters. The molecule has 1 aliphatic carbocycles. The molecule has 1 aliphatic heterocycles. The predicted octanol–water partition coefficient (Wildman–Crippen LogP) is 2.56. The summed E-state index contributed by atoms with van der Waals surface area (Å²) >= 11 is 0. The fourth-order valence-corrected chi connectivity index (χ4v) is 3.41. The number of nitrogens with one attached hydrogen (secondary N) is 1. The molecule has 1 aromatic rings. The van der Waals surface area contributed by atoms with Crippen molar-refractivity contribution in [3.63, 3.8) is 0 Å². The summed E-state index contributed by atoms with van der Waals surface area (Å²) in [6.07, 6.45) is 5.13. The molecular formula is C15H21FN2O. The van der Waals surface area contributed by atoms with Crippen molar-refractivity contribution in [2.75, 3.05) is 31.6 Å². The number of rotatable bonds is 2. The van der Waals surface area contributed by atoms with E-state index in [0.717, 1.165) is 25.3 Å². The van der Waals surface area contributed by atoms with E-state index in [0.29, 0.717) is 5.75 Å². The molecule has 4 heteroatoms. The fraction of sp³-hybridized carbons (Fsp3) is 0.600. The molecule has 1 saturated carbocycles. The number of benzene rings is 1. The smallest absolute Gasteiger partial charge is 0.165 e. The second-order valence-corrected chi connectivity index (χ2v) is 5.65. The van der Waals surface area contributed by atoms with E-state index in [1.807, 2.05) is 12.1 Å². The number of anilines is 1. The molecule has 1 spiro atoms. The third-order valence-corrected chi connectivity index (χ3v) is 4.44. The molecular weight excluding hydrogens is 243 g/mol. The zero-order chi connectivity index (χ0) is 13.3. The van der Waals surface area contributed by atoms with Crippen LogP contribution < -0.4 is 15.0 Å². The minimum atomic E-state index is -0.294. The second kappa shape index (κ2) is 5.00. The lowest BCUT2D eigenvalue weighted by Crippen LogP contribution is -2.59. The van der Waals surface area contributed by atoms with Gasteiger partial charge in [-0.2, -0.15) is 0 Å². The van der Waals surface area contributed by atoms with E-state index < -0.39 is 0 Å². The van der Waals surface area contributed by atoms with Gasteiger partial charge < -0.3 is 15.0 Å². The van der Waals surface area contributed by atoms with Crippen LogP contribution in [0.5, 0.6) is 5.75 Å². The summed E-state index contributed by atoms with van der Waals surface area (Å²) in [6, 6.07) is 5.16. The molecule has 19 heavy (non-hydrogen) atoms. The minimum Gasteiger partial charge on any atom is -0.494 e. The zero-order valence-electron chi connectivity index (χ0n) is 11.4. The monoisotopic (exact) mass is 264 g/mol. The van der Waals surface area contributed by atoms with Gasteiger partial charge >= 0.3 is 0 Å². The van der Waals surface area contributed by atoms with Crippen LogP contribution in [0, 0.1) is 5.82 Å². The summed E-state index contributed by atoms with van der Waals surface area (Å²) in [6.45, 7) is 2.98. The molecule has 1 aromatic carbocycles. The highest BCUT2D eigenvalue weighted by Gasteiger charge is 2.37. The summed E-state index contributed by atoms with van der Waals surface area (Å²) in [7, 11) is 1.51. The maximum Gasteiger partial charge on any atom is 0.165 e. The van der Waals surface area contributed by atoms with Gasteiger partial charge in [-0.15, -0.1) is 0 Å². The third kappa shape index (κ3) is 2.41. The van der Waals surface area contributed by atoms with Crippen LogP contribution in [0.1, 0.15) is 25.7 Å². The first kappa shape index (κ1) is 12.7. The number of piperazine rings is 1. The molecule has 1 heterocycles. The Balaban J connectivity index is 1.81. The topological polar surface area (TPSA) is 24.5 Å². The molecule has 2 fully saturated rings. The Morgan fingerprint density at radius 3 is 2.84 bits per heavy atom. The highest BCUT2D eigenvalue weighted by atomic mass is 19.1. The Kier molecular flexibility index (Phi) is 3.35. The molecule has 104 valence electrons. The maximum absolute atomic E-state index is 13.5. The number of nitrogens with zero attached hydrogens (tertiary/aromatic N) is 1. The van der Waals surface area contributed by atoms with Crippen molar-refractivity contribution >= 4 is 5.69 Å². The largest absolute Gasteiger partial charge is 0.494 e. The summed E-state index contributed by atoms with van der Waals surface area (Å²) in [5.74, 6) is 0.0356. The lowest BCUT2D eigenvalue weighted by atomic mass is 9.94. The number of halogens is 1. The Labute approximate surface area is 113 Å². The minimum absolute atomic E-state index is 0.278. The molecule has 3 nitrogen and oxygen atoms in total. The van der Waals surface area contributed by atoms with Crippen LogP contribution in [-0.4, -0.2) is 32.3 Å². The van der Waals surface area contributed by atoms with Crippen LogP contribution in [0.15, 0.2) is 18.2 Å². The van der Waals surface area contributed by atoms with Crippen LogP contribution in [0.25, 0.3) is 0 Å². The number of hydrogen-bond acceptors (Lipinski definition) is 3. The first-order valence-electron chi connectivity index (χ1n) is 7.06. The van der Waals surface area contributed by atoms with Gasteiger partial charge in [0.2, 0.25) is 0 Å². The molecule has 0 amide bonds. The fourth-order valence-electron chi connectivity index (χ4n) is 3.41. The van der Waals surface area contributed by atoms with Crippen molar-refractivity contribution in [2.45, 2.75) is 31.2 Å². The van der Waals surface area contributed by atoms with Crippen molar-refractivity contribution in [3.05, 3.63) is 24.0 Å². The third-order valence-electron chi connectivity index (χ3n) is 4.44. The molecule has 0 atom stereocenters. The van der Waals surface area contributed by atoms with Crippen LogP contribution in [0.2, 0.25) is 0 Å². The van der Waals surface area contributed by atoms with E-state index >= 15 is 0 Å². The number of ether oxygens (including phenoxy) is 1. The molecule has 1 saturated heterocycles. The van der Waals surface area contributed by atoms with Crippen LogP contribution in [0.4, 0.5) is 10.1 Å². The van der Waals surface area contributed by atoms with Crippen molar-refractivity contribution in [1.29, 1.82) is 0 Å². The van der Waals surface area contributed by atoms with E-state index in [4.69, 9.17) is 4.74 Å². The molecule has 3 rings (SSSR count). The van der Waals surface area contributed by atoms with Gasteiger partial charge in [0.05, 0.1) is 7.11 Å². The zero-order valence-corrected chi connectivity index (χ0v) is 11.4. The van der Waals surface area contributed by atoms with Gasteiger partial charge in [0.25, 0.3) is 0 Å². The maximum atomic E-state index is 13.5. The van der Waals surface area contributed by atoms with Gasteiger partial charge in [-0.05, 0) is 25.0 Å². The lowest BCUT2D eigenvalue weighted by molar-refractivity contribution is 0.303. The van der Waals surface area contributed by atoms with Crippen molar-refractivity contribution < 1.29 is 9.13 Å². The summed E-state index contributed by atoms with van der Waals surface area (Å²) in [5.41, 5.74) is 1.34. The lowest BCUT2D eigenvalue weighted by Gasteiger charge is -2.42. The normalized spacial score (nSPS) is 21.9. The Bertz CT molecular complexity index is 457. The molecule has 2 aliphatic rings. The van der Waals surface area contributed by atoms with Crippen LogP contribution >= 0.6 is 0 Å². The Hall–Kier alpha value is -1.29. The highest BCUT2D eigenvalue weighted by molar-refractivity contribution is 5.52. The number of methoxy groups -OCH3 is 1. The van der Waals surface area contributed by atoms with E-state index in [9.17, 15) is 4.39 Å². The summed E-state index contributed by atoms with van der Waals surface area (Å²) in [5, 5.41) is 3.69. The van der Waals surface area contributed by atoms with E-state index in [2.05, 4.69) is 10.2 Å². The van der Waals surface area contributed by atoms with Gasteiger partial charge in [0.1, 0.15) is 0 Å². The molecule has 0 radical (unpaired) electrons. The average molecular weight is 264 g/mol. The van der Waals surface area contributed by atoms with Crippen LogP contribution in [-0.2, 0) is 0 Å². The summed E-state index contributed by atoms with van der Waals surface area (Å²) < 4.78 is 18.6. The van der Waals surface area contributed by atoms with Crippen molar-refractivity contribution in [2.24, 2.45) is 0 Å². The standard InChI is InChI=1S/C15H21FN2O/c1-19-14-10-12(4-5-13(14)16)18-9-8-17-15(11-18)6-2-3-7-15/h4-5,10,17H,2-3,6-9,11H2,1H3. The highest BCUT2D eigenvalue weighted by Crippen LogP contribution is 2.34. The van der Waals surface area contributed by atoms with Gasteiger partial charge in [0.15, 0.2) is 11.6 Å². The van der Waals surface area contributed by atoms with E-state index in [-0.39, 0.29) is 11.4 Å². The molecule has 1 N–H and O–H groups in total. The van der Waals surface area contributed by atoms with Gasteiger partial charge in [-0.25, -0.2) is 4.39 Å². The van der Waals surface area contributed by atoms with Crippen molar-refractivity contribution in [1.82, 2.24) is 5.32 Å². The quantitative estimate of drug-likeness (QED) is 0.888. The van der Waals surface area contributed by atoms with Gasteiger partial charge in [-0.3, -0.25) is 0 Å². The summed E-state index contributed by atoms with van der Waals surface area (Å²) in [4.78, 5) is 2.35. The van der Waals surface area contributed by atoms with Crippen molar-refractivity contribution in [3.8, 4) is 5.75 Å². The second-order valence-electron chi connectivity index (χ2n) is 5.65. The number of hydrogen-bond donors (Lipinski definition) is 1. The Morgan fingerprint density at radius 2 is 2.11 bits per heavy atom. The molecule has 0 bridgehead atoms. The first-order valence-corrected chi connectivity index (χ1v) is 7.06. The Morgan fingerprint density at radius 1 is 1.32 bits per heavy atom. The average Bonchev–Trinajstić information content (AvgIpc) is 2.87. The predicted molar refractivity (Wildman–Crippen MR) is 74.4 cm³/mol.